The van der Waals surface area contributed by atoms with E-state index in [-0.39, 0.29) is 5.11 Å². The van der Waals surface area contributed by atoms with Crippen LogP contribution in [0.5, 0.6) is 0 Å². The first-order chi connectivity index (χ1) is 13.5. The summed E-state index contributed by atoms with van der Waals surface area (Å²) < 4.78 is 6.82. The molecular weight excluding hydrogens is 436 g/mol. The zero-order valence-corrected chi connectivity index (χ0v) is 17.5. The van der Waals surface area contributed by atoms with Gasteiger partial charge < -0.3 is 10.1 Å². The summed E-state index contributed by atoms with van der Waals surface area (Å²) in [4.78, 5) is 14.1. The second-order valence-corrected chi connectivity index (χ2v) is 7.74. The van der Waals surface area contributed by atoms with E-state index in [2.05, 4.69) is 21.2 Å². The van der Waals surface area contributed by atoms with E-state index >= 15 is 0 Å². The quantitative estimate of drug-likeness (QED) is 0.485. The molecule has 3 aromatic carbocycles. The topological polar surface area (TPSA) is 41.6 Å². The third-order valence-corrected chi connectivity index (χ3v) is 5.57. The molecule has 4 nitrogen and oxygen atoms in total. The van der Waals surface area contributed by atoms with Crippen LogP contribution in [0.4, 0.5) is 10.5 Å². The highest BCUT2D eigenvalue weighted by Gasteiger charge is 2.32. The first-order valence-corrected chi connectivity index (χ1v) is 9.94. The van der Waals surface area contributed by atoms with Crippen LogP contribution in [0.1, 0.15) is 17.2 Å². The fourth-order valence-corrected chi connectivity index (χ4v) is 3.70. The average Bonchev–Trinajstić information content (AvgIpc) is 3.03. The summed E-state index contributed by atoms with van der Waals surface area (Å²) in [5.41, 5.74) is 4.95. The number of carbonyl (C=O) groups excluding carboxylic acids is 1. The molecule has 1 aliphatic rings. The smallest absolute Gasteiger partial charge is 0.416 e. The lowest BCUT2D eigenvalue weighted by atomic mass is 10.1. The van der Waals surface area contributed by atoms with Crippen LogP contribution in [0.25, 0.3) is 11.1 Å². The molecule has 0 unspecified atom stereocenters. The largest absolute Gasteiger partial charge is 0.436 e. The number of hydrogen-bond acceptors (Lipinski definition) is 3. The van der Waals surface area contributed by atoms with Crippen molar-refractivity contribution in [2.24, 2.45) is 0 Å². The molecule has 0 radical (unpaired) electrons. The molecule has 0 atom stereocenters. The van der Waals surface area contributed by atoms with Gasteiger partial charge in [0.2, 0.25) is 0 Å². The molecule has 0 aromatic heterocycles. The van der Waals surface area contributed by atoms with Gasteiger partial charge in [-0.25, -0.2) is 4.79 Å². The van der Waals surface area contributed by atoms with Gasteiger partial charge >= 0.3 is 6.09 Å². The van der Waals surface area contributed by atoms with E-state index in [1.807, 2.05) is 72.8 Å². The Kier molecular flexibility index (Phi) is 5.15. The fourth-order valence-electron chi connectivity index (χ4n) is 3.24. The van der Waals surface area contributed by atoms with Crippen LogP contribution in [-0.2, 0) is 4.74 Å². The molecule has 4 rings (SSSR count). The third-order valence-electron chi connectivity index (χ3n) is 4.67. The van der Waals surface area contributed by atoms with E-state index in [4.69, 9.17) is 17.0 Å². The van der Waals surface area contributed by atoms with Crippen LogP contribution < -0.4 is 5.32 Å². The van der Waals surface area contributed by atoms with Crippen LogP contribution >= 0.6 is 28.1 Å². The summed E-state index contributed by atoms with van der Waals surface area (Å²) >= 11 is 8.76. The maximum Gasteiger partial charge on any atom is 0.416 e. The summed E-state index contributed by atoms with van der Waals surface area (Å²) in [5, 5.41) is 3.32. The van der Waals surface area contributed by atoms with E-state index in [0.29, 0.717) is 0 Å². The first-order valence-electron chi connectivity index (χ1n) is 8.73. The van der Waals surface area contributed by atoms with Gasteiger partial charge in [-0.15, -0.1) is 0 Å². The number of benzene rings is 3. The molecule has 1 aliphatic carbocycles. The number of hydrogen-bond donors (Lipinski definition) is 1. The van der Waals surface area contributed by atoms with Crippen molar-refractivity contribution in [3.63, 3.8) is 0 Å². The second kappa shape index (κ2) is 7.73. The lowest BCUT2D eigenvalue weighted by molar-refractivity contribution is 0.102. The number of amides is 1. The van der Waals surface area contributed by atoms with Crippen molar-refractivity contribution in [3.8, 4) is 11.1 Å². The Morgan fingerprint density at radius 1 is 0.964 bits per heavy atom. The molecule has 6 heteroatoms. The Morgan fingerprint density at radius 3 is 2.07 bits per heavy atom. The lowest BCUT2D eigenvalue weighted by Crippen LogP contribution is -2.37. The Hall–Kier alpha value is -2.70. The van der Waals surface area contributed by atoms with E-state index in [1.54, 1.807) is 7.05 Å². The molecular formula is C22H17BrN2O2S. The highest BCUT2D eigenvalue weighted by Crippen LogP contribution is 2.45. The summed E-state index contributed by atoms with van der Waals surface area (Å²) in [6.07, 6.45) is -0.955. The molecule has 0 aliphatic heterocycles. The molecule has 1 amide bonds. The summed E-state index contributed by atoms with van der Waals surface area (Å²) in [7, 11) is 1.60. The molecule has 0 saturated heterocycles. The molecule has 3 aromatic rings. The van der Waals surface area contributed by atoms with Gasteiger partial charge in [0, 0.05) is 28.3 Å². The Morgan fingerprint density at radius 2 is 1.50 bits per heavy atom. The van der Waals surface area contributed by atoms with Gasteiger partial charge in [0.1, 0.15) is 0 Å². The predicted octanol–water partition coefficient (Wildman–Crippen LogP) is 5.98. The van der Waals surface area contributed by atoms with Gasteiger partial charge in [0.05, 0.1) is 0 Å². The van der Waals surface area contributed by atoms with Crippen molar-refractivity contribution in [1.29, 1.82) is 0 Å². The Labute approximate surface area is 177 Å². The molecule has 0 heterocycles. The maximum absolute atomic E-state index is 12.8. The first kappa shape index (κ1) is 18.7. The highest BCUT2D eigenvalue weighted by atomic mass is 79.9. The average molecular weight is 453 g/mol. The summed E-state index contributed by atoms with van der Waals surface area (Å²) in [6, 6.07) is 23.5. The number of halogens is 1. The van der Waals surface area contributed by atoms with Crippen LogP contribution in [0.2, 0.25) is 0 Å². The number of nitrogens with zero attached hydrogens (tertiary/aromatic N) is 1. The van der Waals surface area contributed by atoms with Gasteiger partial charge in [-0.3, -0.25) is 4.90 Å². The van der Waals surface area contributed by atoms with Gasteiger partial charge in [0.15, 0.2) is 11.2 Å². The van der Waals surface area contributed by atoms with Crippen molar-refractivity contribution < 1.29 is 9.53 Å². The predicted molar refractivity (Wildman–Crippen MR) is 118 cm³/mol. The fraction of sp³-hybridized carbons (Fsp3) is 0.0909. The van der Waals surface area contributed by atoms with Crippen molar-refractivity contribution in [2.75, 3.05) is 12.4 Å². The summed E-state index contributed by atoms with van der Waals surface area (Å²) in [5.74, 6) is 0. The zero-order chi connectivity index (χ0) is 19.7. The van der Waals surface area contributed by atoms with E-state index < -0.39 is 12.2 Å². The Bertz CT molecular complexity index is 1010. The molecule has 0 bridgehead atoms. The van der Waals surface area contributed by atoms with Crippen LogP contribution in [-0.4, -0.2) is 23.2 Å². The standard InChI is InChI=1S/C22H17BrN2O2S/c1-25(21(28)24-15-12-10-14(23)11-13-15)22(26)27-20-18-8-4-2-6-16(18)17-7-3-5-9-19(17)20/h2-13,20H,1H3,(H,24,28). The van der Waals surface area contributed by atoms with E-state index in [1.165, 1.54) is 4.90 Å². The number of fused-ring (bicyclic) bond motifs is 3. The molecule has 28 heavy (non-hydrogen) atoms. The highest BCUT2D eigenvalue weighted by molar-refractivity contribution is 9.10. The van der Waals surface area contributed by atoms with Crippen molar-refractivity contribution >= 4 is 45.0 Å². The molecule has 1 N–H and O–H groups in total. The van der Waals surface area contributed by atoms with E-state index in [0.717, 1.165) is 32.4 Å². The lowest BCUT2D eigenvalue weighted by Gasteiger charge is -2.22. The molecule has 0 spiro atoms. The number of thiocarbonyl (C=S) groups is 1. The SMILES string of the molecule is CN(C(=O)OC1c2ccccc2-c2ccccc21)C(=S)Nc1ccc(Br)cc1. The minimum Gasteiger partial charge on any atom is -0.436 e. The van der Waals surface area contributed by atoms with E-state index in [9.17, 15) is 4.79 Å². The zero-order valence-electron chi connectivity index (χ0n) is 15.1. The molecule has 0 saturated carbocycles. The number of anilines is 1. The normalized spacial score (nSPS) is 12.1. The summed E-state index contributed by atoms with van der Waals surface area (Å²) in [6.45, 7) is 0. The van der Waals surface area contributed by atoms with Crippen LogP contribution in [0, 0.1) is 0 Å². The van der Waals surface area contributed by atoms with Crippen molar-refractivity contribution in [1.82, 2.24) is 4.90 Å². The molecule has 0 fully saturated rings. The van der Waals surface area contributed by atoms with Crippen molar-refractivity contribution in [2.45, 2.75) is 6.10 Å². The number of nitrogens with one attached hydrogen (secondary N) is 1. The van der Waals surface area contributed by atoms with Gasteiger partial charge in [0.25, 0.3) is 0 Å². The maximum atomic E-state index is 12.8. The second-order valence-electron chi connectivity index (χ2n) is 6.43. The van der Waals surface area contributed by atoms with Gasteiger partial charge in [-0.05, 0) is 47.6 Å². The van der Waals surface area contributed by atoms with Crippen LogP contribution in [0.15, 0.2) is 77.3 Å². The third kappa shape index (κ3) is 3.53. The molecule has 140 valence electrons. The number of ether oxygens (including phenoxy) is 1. The number of rotatable bonds is 2. The monoisotopic (exact) mass is 452 g/mol. The minimum absolute atomic E-state index is 0.270. The Balaban J connectivity index is 1.51. The van der Waals surface area contributed by atoms with Crippen LogP contribution in [0.3, 0.4) is 0 Å². The minimum atomic E-state index is -0.508. The van der Waals surface area contributed by atoms with Gasteiger partial charge in [-0.2, -0.15) is 0 Å². The van der Waals surface area contributed by atoms with Crippen molar-refractivity contribution in [3.05, 3.63) is 88.4 Å². The number of carbonyl (C=O) groups is 1. The van der Waals surface area contributed by atoms with Gasteiger partial charge in [-0.1, -0.05) is 64.5 Å².